The van der Waals surface area contributed by atoms with Crippen LogP contribution in [0.25, 0.3) is 0 Å². The van der Waals surface area contributed by atoms with Crippen molar-refractivity contribution in [1.29, 1.82) is 0 Å². The van der Waals surface area contributed by atoms with Crippen LogP contribution in [0.4, 0.5) is 0 Å². The van der Waals surface area contributed by atoms with Gasteiger partial charge in [-0.2, -0.15) is 0 Å². The molecule has 4 atom stereocenters. The number of fused-ring (bicyclic) bond motifs is 2. The maximum Gasteiger partial charge on any atom is 0.0626 e. The van der Waals surface area contributed by atoms with E-state index in [1.807, 2.05) is 6.92 Å². The molecule has 2 aliphatic heterocycles. The predicted molar refractivity (Wildman–Crippen MR) is 48.8 cm³/mol. The van der Waals surface area contributed by atoms with Crippen molar-refractivity contribution in [2.45, 2.75) is 44.4 Å². The number of nitrogens with two attached hydrogens (primary N) is 1. The lowest BCUT2D eigenvalue weighted by Gasteiger charge is -2.25. The third-order valence-corrected chi connectivity index (χ3v) is 3.18. The lowest BCUT2D eigenvalue weighted by Crippen LogP contribution is -2.36. The van der Waals surface area contributed by atoms with E-state index in [4.69, 9.17) is 10.5 Å². The first-order valence-electron chi connectivity index (χ1n) is 4.75. The van der Waals surface area contributed by atoms with Crippen LogP contribution in [0, 0.1) is 5.92 Å². The smallest absolute Gasteiger partial charge is 0.0626 e. The lowest BCUT2D eigenvalue weighted by molar-refractivity contribution is 0.0903. The molecular weight excluding hydrogens is 150 g/mol. The summed E-state index contributed by atoms with van der Waals surface area (Å²) in [7, 11) is 0. The minimum atomic E-state index is 0.153. The van der Waals surface area contributed by atoms with Crippen LogP contribution < -0.4 is 5.73 Å². The molecular formula is C10H17NO. The summed E-state index contributed by atoms with van der Waals surface area (Å²) in [5.74, 6) is 0.543. The molecule has 0 spiro atoms. The number of hydrogen-bond acceptors (Lipinski definition) is 2. The Bertz CT molecular complexity index is 202. The first-order valence-corrected chi connectivity index (χ1v) is 4.75. The molecule has 2 rings (SSSR count). The summed E-state index contributed by atoms with van der Waals surface area (Å²) in [6.45, 7) is 5.91. The molecule has 2 heteroatoms. The molecule has 2 fully saturated rings. The summed E-state index contributed by atoms with van der Waals surface area (Å²) < 4.78 is 5.74. The van der Waals surface area contributed by atoms with Gasteiger partial charge in [0.05, 0.1) is 12.2 Å². The van der Waals surface area contributed by atoms with E-state index in [0.717, 1.165) is 12.0 Å². The van der Waals surface area contributed by atoms with E-state index in [2.05, 4.69) is 6.58 Å². The molecule has 0 aromatic carbocycles. The average molecular weight is 167 g/mol. The zero-order valence-electron chi connectivity index (χ0n) is 7.62. The third kappa shape index (κ3) is 1.19. The van der Waals surface area contributed by atoms with Crippen LogP contribution in [-0.4, -0.2) is 18.2 Å². The summed E-state index contributed by atoms with van der Waals surface area (Å²) >= 11 is 0. The molecule has 2 aliphatic rings. The van der Waals surface area contributed by atoms with Crippen LogP contribution in [-0.2, 0) is 4.74 Å². The monoisotopic (exact) mass is 167 g/mol. The van der Waals surface area contributed by atoms with E-state index in [1.54, 1.807) is 0 Å². The molecule has 68 valence electrons. The topological polar surface area (TPSA) is 35.2 Å². The normalized spacial score (nSPS) is 41.7. The highest BCUT2D eigenvalue weighted by atomic mass is 16.5. The maximum absolute atomic E-state index is 6.03. The zero-order valence-corrected chi connectivity index (χ0v) is 7.62. The lowest BCUT2D eigenvalue weighted by atomic mass is 9.82. The molecule has 2 bridgehead atoms. The van der Waals surface area contributed by atoms with Gasteiger partial charge in [-0.3, -0.25) is 0 Å². The molecule has 2 N–H and O–H groups in total. The van der Waals surface area contributed by atoms with Crippen LogP contribution in [0.1, 0.15) is 26.2 Å². The van der Waals surface area contributed by atoms with Gasteiger partial charge in [-0.15, -0.1) is 0 Å². The quantitative estimate of drug-likeness (QED) is 0.632. The Morgan fingerprint density at radius 1 is 1.58 bits per heavy atom. The van der Waals surface area contributed by atoms with E-state index in [0.29, 0.717) is 18.1 Å². The van der Waals surface area contributed by atoms with Crippen LogP contribution in [0.3, 0.4) is 0 Å². The van der Waals surface area contributed by atoms with Crippen LogP contribution >= 0.6 is 0 Å². The van der Waals surface area contributed by atoms with E-state index in [1.165, 1.54) is 12.8 Å². The van der Waals surface area contributed by atoms with E-state index in [9.17, 15) is 0 Å². The van der Waals surface area contributed by atoms with Gasteiger partial charge in [0, 0.05) is 12.0 Å². The summed E-state index contributed by atoms with van der Waals surface area (Å²) in [5.41, 5.74) is 7.12. The predicted octanol–water partition coefficient (Wildman–Crippen LogP) is 1.46. The van der Waals surface area contributed by atoms with Gasteiger partial charge in [-0.05, 0) is 26.2 Å². The minimum absolute atomic E-state index is 0.153. The van der Waals surface area contributed by atoms with Gasteiger partial charge in [0.1, 0.15) is 0 Å². The molecule has 0 radical (unpaired) electrons. The summed E-state index contributed by atoms with van der Waals surface area (Å²) in [4.78, 5) is 0. The maximum atomic E-state index is 6.03. The number of rotatable bonds is 2. The van der Waals surface area contributed by atoms with Gasteiger partial charge in [0.15, 0.2) is 0 Å². The molecule has 0 saturated carbocycles. The van der Waals surface area contributed by atoms with Crippen molar-refractivity contribution < 1.29 is 4.74 Å². The fourth-order valence-electron chi connectivity index (χ4n) is 2.42. The minimum Gasteiger partial charge on any atom is -0.375 e. The molecule has 12 heavy (non-hydrogen) atoms. The molecule has 4 unspecified atom stereocenters. The standard InChI is InChI=1S/C10H17NO/c1-6(2)10(11)8-5-7-3-4-9(8)12-7/h7-10H,1,3-5,11H2,2H3. The van der Waals surface area contributed by atoms with Gasteiger partial charge in [-0.1, -0.05) is 12.2 Å². The van der Waals surface area contributed by atoms with Crippen molar-refractivity contribution in [3.05, 3.63) is 12.2 Å². The van der Waals surface area contributed by atoms with Gasteiger partial charge >= 0.3 is 0 Å². The van der Waals surface area contributed by atoms with Crippen molar-refractivity contribution in [2.24, 2.45) is 11.7 Å². The van der Waals surface area contributed by atoms with Crippen molar-refractivity contribution in [3.8, 4) is 0 Å². The third-order valence-electron chi connectivity index (χ3n) is 3.18. The highest BCUT2D eigenvalue weighted by Crippen LogP contribution is 2.40. The van der Waals surface area contributed by atoms with Gasteiger partial charge in [0.2, 0.25) is 0 Å². The van der Waals surface area contributed by atoms with Crippen LogP contribution in [0.5, 0.6) is 0 Å². The van der Waals surface area contributed by atoms with Crippen LogP contribution in [0.15, 0.2) is 12.2 Å². The Morgan fingerprint density at radius 2 is 2.33 bits per heavy atom. The Hall–Kier alpha value is -0.340. The molecule has 2 nitrogen and oxygen atoms in total. The number of hydrogen-bond donors (Lipinski definition) is 1. The largest absolute Gasteiger partial charge is 0.375 e. The molecule has 0 amide bonds. The van der Waals surface area contributed by atoms with Crippen molar-refractivity contribution in [1.82, 2.24) is 0 Å². The Kier molecular flexibility index (Phi) is 1.97. The fourth-order valence-corrected chi connectivity index (χ4v) is 2.42. The second kappa shape index (κ2) is 2.86. The summed E-state index contributed by atoms with van der Waals surface area (Å²) in [6.07, 6.45) is 4.53. The van der Waals surface area contributed by atoms with Gasteiger partial charge < -0.3 is 10.5 Å². The molecule has 2 saturated heterocycles. The second-order valence-electron chi connectivity index (χ2n) is 4.15. The Labute approximate surface area is 73.8 Å². The first-order chi connectivity index (χ1) is 5.68. The molecule has 0 aromatic rings. The van der Waals surface area contributed by atoms with Crippen LogP contribution in [0.2, 0.25) is 0 Å². The Morgan fingerprint density at radius 3 is 2.75 bits per heavy atom. The summed E-state index contributed by atoms with van der Waals surface area (Å²) in [6, 6.07) is 0.153. The van der Waals surface area contributed by atoms with Gasteiger partial charge in [-0.25, -0.2) is 0 Å². The SMILES string of the molecule is C=C(C)C(N)C1CC2CCC1O2. The average Bonchev–Trinajstić information content (AvgIpc) is 2.62. The van der Waals surface area contributed by atoms with Gasteiger partial charge in [0.25, 0.3) is 0 Å². The first kappa shape index (κ1) is 8.27. The molecule has 2 heterocycles. The number of ether oxygens (including phenoxy) is 1. The highest BCUT2D eigenvalue weighted by Gasteiger charge is 2.43. The fraction of sp³-hybridized carbons (Fsp3) is 0.800. The van der Waals surface area contributed by atoms with E-state index in [-0.39, 0.29) is 6.04 Å². The zero-order chi connectivity index (χ0) is 8.72. The van der Waals surface area contributed by atoms with E-state index >= 15 is 0 Å². The molecule has 0 aromatic heterocycles. The van der Waals surface area contributed by atoms with Crippen molar-refractivity contribution in [3.63, 3.8) is 0 Å². The Balaban J connectivity index is 2.02. The highest BCUT2D eigenvalue weighted by molar-refractivity contribution is 5.08. The van der Waals surface area contributed by atoms with Crippen molar-refractivity contribution >= 4 is 0 Å². The molecule has 0 aliphatic carbocycles. The summed E-state index contributed by atoms with van der Waals surface area (Å²) in [5, 5.41) is 0. The van der Waals surface area contributed by atoms with E-state index < -0.39 is 0 Å². The van der Waals surface area contributed by atoms with Crippen molar-refractivity contribution in [2.75, 3.05) is 0 Å². The second-order valence-corrected chi connectivity index (χ2v) is 4.15.